The fourth-order valence-electron chi connectivity index (χ4n) is 5.77. The van der Waals surface area contributed by atoms with Crippen LogP contribution in [0.15, 0.2) is 29.7 Å². The minimum atomic E-state index is -4.11. The lowest BCUT2D eigenvalue weighted by Crippen LogP contribution is -2.53. The number of rotatable bonds is 11. The second kappa shape index (κ2) is 12.9. The number of hydrogen-bond donors (Lipinski definition) is 0. The number of amides is 2. The van der Waals surface area contributed by atoms with Crippen molar-refractivity contribution in [3.8, 4) is 0 Å². The lowest BCUT2D eigenvalue weighted by molar-refractivity contribution is -0.144. The molecule has 0 unspecified atom stereocenters. The van der Waals surface area contributed by atoms with E-state index in [1.54, 1.807) is 38.1 Å². The van der Waals surface area contributed by atoms with Crippen LogP contribution in [0.3, 0.4) is 0 Å². The third-order valence-corrected chi connectivity index (χ3v) is 9.84. The highest BCUT2D eigenvalue weighted by molar-refractivity contribution is 7.92. The number of hydrogen-bond acceptors (Lipinski definition) is 6. The first-order valence-corrected chi connectivity index (χ1v) is 15.8. The summed E-state index contributed by atoms with van der Waals surface area (Å²) in [7, 11) is -4.11. The van der Waals surface area contributed by atoms with Gasteiger partial charge in [0.25, 0.3) is 0 Å². The van der Waals surface area contributed by atoms with Crippen molar-refractivity contribution in [2.24, 2.45) is 0 Å². The summed E-state index contributed by atoms with van der Waals surface area (Å²) in [5.41, 5.74) is 0.623. The van der Waals surface area contributed by atoms with E-state index in [-0.39, 0.29) is 43.7 Å². The maximum absolute atomic E-state index is 13.6. The molecule has 3 aliphatic heterocycles. The van der Waals surface area contributed by atoms with Crippen molar-refractivity contribution in [1.29, 1.82) is 0 Å². The number of carbonyl (C=O) groups is 3. The van der Waals surface area contributed by atoms with Crippen LogP contribution in [0.25, 0.3) is 6.08 Å². The zero-order chi connectivity index (χ0) is 28.2. The summed E-state index contributed by atoms with van der Waals surface area (Å²) in [6.07, 6.45) is 6.07. The fraction of sp³-hybridized carbons (Fsp3) is 0.607. The average molecular weight is 579 g/mol. The topological polar surface area (TPSA) is 98.3 Å². The number of likely N-dealkylation sites (tertiary alicyclic amines) is 3. The van der Waals surface area contributed by atoms with Gasteiger partial charge in [-0.2, -0.15) is 4.31 Å². The van der Waals surface area contributed by atoms with E-state index in [9.17, 15) is 22.8 Å². The summed E-state index contributed by atoms with van der Waals surface area (Å²) in [6.45, 7) is 6.92. The maximum Gasteiger partial charge on any atom is 0.245 e. The minimum Gasteiger partial charge on any atom is -0.337 e. The molecule has 3 atom stereocenters. The zero-order valence-electron chi connectivity index (χ0n) is 22.8. The lowest BCUT2D eigenvalue weighted by atomic mass is 10.2. The molecule has 1 aromatic rings. The second-order valence-electron chi connectivity index (χ2n) is 10.7. The molecule has 39 heavy (non-hydrogen) atoms. The van der Waals surface area contributed by atoms with Gasteiger partial charge in [0.1, 0.15) is 17.9 Å². The van der Waals surface area contributed by atoms with Crippen LogP contribution in [-0.4, -0.2) is 102 Å². The number of benzene rings is 1. The van der Waals surface area contributed by atoms with Gasteiger partial charge in [-0.1, -0.05) is 30.7 Å². The van der Waals surface area contributed by atoms with Crippen molar-refractivity contribution < 1.29 is 22.8 Å². The van der Waals surface area contributed by atoms with Gasteiger partial charge in [0.15, 0.2) is 0 Å². The van der Waals surface area contributed by atoms with E-state index in [1.807, 2.05) is 4.90 Å². The Morgan fingerprint density at radius 2 is 1.77 bits per heavy atom. The molecule has 0 aliphatic carbocycles. The number of sulfonamides is 1. The second-order valence-corrected chi connectivity index (χ2v) is 12.9. The summed E-state index contributed by atoms with van der Waals surface area (Å²) in [5, 5.41) is 1.55. The molecule has 11 heteroatoms. The van der Waals surface area contributed by atoms with E-state index in [4.69, 9.17) is 11.6 Å². The van der Waals surface area contributed by atoms with Crippen LogP contribution in [0.2, 0.25) is 5.02 Å². The summed E-state index contributed by atoms with van der Waals surface area (Å²) in [6, 6.07) is 5.08. The van der Waals surface area contributed by atoms with Gasteiger partial charge in [-0.25, -0.2) is 8.42 Å². The highest BCUT2D eigenvalue weighted by atomic mass is 35.5. The standard InChI is InChI=1S/C28H39ClN4O5S/c1-3-25(34)20-33(39(37,38)18-13-22-8-10-23(29)11-9-22)26-12-17-31(28(26)36)21(2)27(35)32-16-6-7-24(32)19-30-14-4-5-15-30/h8-11,13,18,21,24,26H,3-7,12,14-17,19-20H2,1-2H3/t21-,24-,26-/m0/s1. The van der Waals surface area contributed by atoms with Crippen LogP contribution in [0, 0.1) is 0 Å². The first kappa shape index (κ1) is 29.7. The van der Waals surface area contributed by atoms with E-state index in [1.165, 1.54) is 23.8 Å². The van der Waals surface area contributed by atoms with Gasteiger partial charge in [-0.15, -0.1) is 0 Å². The van der Waals surface area contributed by atoms with Crippen LogP contribution < -0.4 is 0 Å². The van der Waals surface area contributed by atoms with Gasteiger partial charge in [-0.05, 0) is 75.9 Å². The third-order valence-electron chi connectivity index (χ3n) is 8.07. The number of halogens is 1. The zero-order valence-corrected chi connectivity index (χ0v) is 24.4. The van der Waals surface area contributed by atoms with E-state index in [0.29, 0.717) is 17.1 Å². The molecule has 3 heterocycles. The van der Waals surface area contributed by atoms with Gasteiger partial charge in [0, 0.05) is 42.5 Å². The Morgan fingerprint density at radius 1 is 1.08 bits per heavy atom. The van der Waals surface area contributed by atoms with Gasteiger partial charge in [0.2, 0.25) is 21.8 Å². The molecule has 4 rings (SSSR count). The third kappa shape index (κ3) is 7.09. The Hall–Kier alpha value is -2.27. The molecule has 2 amide bonds. The van der Waals surface area contributed by atoms with Gasteiger partial charge in [-0.3, -0.25) is 14.4 Å². The van der Waals surface area contributed by atoms with E-state index >= 15 is 0 Å². The average Bonchev–Trinajstić information content (AvgIpc) is 3.68. The minimum absolute atomic E-state index is 0.0904. The number of nitrogens with zero attached hydrogens (tertiary/aromatic N) is 4. The molecule has 0 radical (unpaired) electrons. The lowest BCUT2D eigenvalue weighted by Gasteiger charge is -2.33. The van der Waals surface area contributed by atoms with E-state index < -0.39 is 28.0 Å². The largest absolute Gasteiger partial charge is 0.337 e. The smallest absolute Gasteiger partial charge is 0.245 e. The van der Waals surface area contributed by atoms with Crippen molar-refractivity contribution in [3.63, 3.8) is 0 Å². The SMILES string of the molecule is CCC(=O)CN([C@H]1CCN([C@@H](C)C(=O)N2CCC[C@H]2CN2CCCC2)C1=O)S(=O)(=O)C=Cc1ccc(Cl)cc1. The van der Waals surface area contributed by atoms with Crippen LogP contribution in [-0.2, 0) is 24.4 Å². The fourth-order valence-corrected chi connectivity index (χ4v) is 7.26. The van der Waals surface area contributed by atoms with Crippen LogP contribution in [0.4, 0.5) is 0 Å². The molecule has 3 aliphatic rings. The first-order chi connectivity index (χ1) is 18.6. The summed E-state index contributed by atoms with van der Waals surface area (Å²) in [5.74, 6) is -0.804. The van der Waals surface area contributed by atoms with Crippen LogP contribution in [0.1, 0.15) is 57.9 Å². The molecular weight excluding hydrogens is 540 g/mol. The van der Waals surface area contributed by atoms with E-state index in [0.717, 1.165) is 42.2 Å². The predicted octanol–water partition coefficient (Wildman–Crippen LogP) is 3.00. The van der Waals surface area contributed by atoms with Crippen LogP contribution in [0.5, 0.6) is 0 Å². The number of ketones is 1. The molecule has 0 aromatic heterocycles. The molecule has 214 valence electrons. The number of Topliss-reactive ketones (excluding diaryl/α,β-unsaturated/α-hetero) is 1. The van der Waals surface area contributed by atoms with E-state index in [2.05, 4.69) is 4.90 Å². The molecule has 9 nitrogen and oxygen atoms in total. The molecular formula is C28H39ClN4O5S. The van der Waals surface area contributed by atoms with Gasteiger partial charge in [0.05, 0.1) is 6.54 Å². The monoisotopic (exact) mass is 578 g/mol. The molecule has 0 saturated carbocycles. The molecule has 0 spiro atoms. The molecule has 1 aromatic carbocycles. The molecule has 0 bridgehead atoms. The highest BCUT2D eigenvalue weighted by Gasteiger charge is 2.45. The Labute approximate surface area is 236 Å². The van der Waals surface area contributed by atoms with Crippen LogP contribution >= 0.6 is 11.6 Å². The van der Waals surface area contributed by atoms with Crippen molar-refractivity contribution in [3.05, 3.63) is 40.3 Å². The highest BCUT2D eigenvalue weighted by Crippen LogP contribution is 2.27. The number of carbonyl (C=O) groups excluding carboxylic acids is 3. The molecule has 3 fully saturated rings. The van der Waals surface area contributed by atoms with Crippen molar-refractivity contribution in [2.75, 3.05) is 39.3 Å². The van der Waals surface area contributed by atoms with Gasteiger partial charge >= 0.3 is 0 Å². The van der Waals surface area contributed by atoms with Crippen molar-refractivity contribution in [2.45, 2.75) is 70.5 Å². The van der Waals surface area contributed by atoms with Gasteiger partial charge < -0.3 is 14.7 Å². The first-order valence-electron chi connectivity index (χ1n) is 13.9. The Morgan fingerprint density at radius 3 is 2.44 bits per heavy atom. The molecule has 3 saturated heterocycles. The van der Waals surface area contributed by atoms with Crippen molar-refractivity contribution >= 4 is 45.3 Å². The Bertz CT molecular complexity index is 1180. The normalized spacial score (nSPS) is 23.4. The summed E-state index contributed by atoms with van der Waals surface area (Å²) < 4.78 is 27.8. The molecule has 0 N–H and O–H groups in total. The Balaban J connectivity index is 1.48. The summed E-state index contributed by atoms with van der Waals surface area (Å²) >= 11 is 5.92. The predicted molar refractivity (Wildman–Crippen MR) is 151 cm³/mol. The quantitative estimate of drug-likeness (QED) is 0.400. The maximum atomic E-state index is 13.6. The Kier molecular flexibility index (Phi) is 9.85. The summed E-state index contributed by atoms with van der Waals surface area (Å²) in [4.78, 5) is 45.3. The van der Waals surface area contributed by atoms with Crippen molar-refractivity contribution in [1.82, 2.24) is 19.0 Å².